The van der Waals surface area contributed by atoms with Gasteiger partial charge in [-0.2, -0.15) is 0 Å². The van der Waals surface area contributed by atoms with Crippen LogP contribution in [0.2, 0.25) is 0 Å². The Labute approximate surface area is 158 Å². The fraction of sp³-hybridized carbons (Fsp3) is 0.882. The Bertz CT molecular complexity index is 372. The summed E-state index contributed by atoms with van der Waals surface area (Å²) in [6.45, 7) is 6.56. The molecule has 0 atom stereocenters. The van der Waals surface area contributed by atoms with Crippen molar-refractivity contribution in [3.05, 3.63) is 0 Å². The van der Waals surface area contributed by atoms with Gasteiger partial charge in [-0.15, -0.1) is 24.0 Å². The molecule has 0 radical (unpaired) electrons. The summed E-state index contributed by atoms with van der Waals surface area (Å²) in [7, 11) is 0. The SMILES string of the molecule is CCNC(=NCCCN1CCCCCC1=O)NCCC1CC1.I. The summed E-state index contributed by atoms with van der Waals surface area (Å²) in [5.41, 5.74) is 0. The first-order valence-corrected chi connectivity index (χ1v) is 9.09. The summed E-state index contributed by atoms with van der Waals surface area (Å²) in [6.07, 6.45) is 9.14. The van der Waals surface area contributed by atoms with Crippen molar-refractivity contribution in [2.45, 2.75) is 58.3 Å². The lowest BCUT2D eigenvalue weighted by Crippen LogP contribution is -2.38. The van der Waals surface area contributed by atoms with E-state index in [0.29, 0.717) is 5.91 Å². The highest BCUT2D eigenvalue weighted by Gasteiger charge is 2.20. The zero-order valence-electron chi connectivity index (χ0n) is 14.5. The first-order chi connectivity index (χ1) is 10.8. The number of carbonyl (C=O) groups is 1. The Morgan fingerprint density at radius 1 is 1.26 bits per heavy atom. The number of rotatable bonds is 8. The van der Waals surface area contributed by atoms with Gasteiger partial charge >= 0.3 is 0 Å². The van der Waals surface area contributed by atoms with Crippen LogP contribution in [-0.4, -0.2) is 49.5 Å². The summed E-state index contributed by atoms with van der Waals surface area (Å²) < 4.78 is 0. The number of likely N-dealkylation sites (tertiary alicyclic amines) is 1. The molecule has 6 heteroatoms. The molecule has 0 aromatic heterocycles. The number of nitrogens with zero attached hydrogens (tertiary/aromatic N) is 2. The second-order valence-corrected chi connectivity index (χ2v) is 6.46. The van der Waals surface area contributed by atoms with Crippen LogP contribution in [0.5, 0.6) is 0 Å². The van der Waals surface area contributed by atoms with Crippen LogP contribution in [0.4, 0.5) is 0 Å². The van der Waals surface area contributed by atoms with E-state index in [4.69, 9.17) is 0 Å². The van der Waals surface area contributed by atoms with Crippen LogP contribution in [0.15, 0.2) is 4.99 Å². The minimum absolute atomic E-state index is 0. The molecule has 23 heavy (non-hydrogen) atoms. The average molecular weight is 436 g/mol. The molecule has 2 aliphatic rings. The normalized spacial score (nSPS) is 19.1. The zero-order chi connectivity index (χ0) is 15.6. The molecule has 2 rings (SSSR count). The second-order valence-electron chi connectivity index (χ2n) is 6.46. The van der Waals surface area contributed by atoms with E-state index >= 15 is 0 Å². The van der Waals surface area contributed by atoms with Gasteiger partial charge in [0.05, 0.1) is 0 Å². The fourth-order valence-corrected chi connectivity index (χ4v) is 2.87. The number of aliphatic imine (C=N–C) groups is 1. The number of carbonyl (C=O) groups excluding carboxylic acids is 1. The summed E-state index contributed by atoms with van der Waals surface area (Å²) in [5.74, 6) is 2.20. The molecule has 1 aliphatic heterocycles. The second kappa shape index (κ2) is 11.9. The molecule has 0 spiro atoms. The number of amides is 1. The van der Waals surface area contributed by atoms with E-state index in [1.807, 2.05) is 4.90 Å². The molecule has 1 heterocycles. The number of hydrogen-bond donors (Lipinski definition) is 2. The highest BCUT2D eigenvalue weighted by molar-refractivity contribution is 14.0. The zero-order valence-corrected chi connectivity index (χ0v) is 16.8. The Hall–Kier alpha value is -0.530. The summed E-state index contributed by atoms with van der Waals surface area (Å²) in [6, 6.07) is 0. The van der Waals surface area contributed by atoms with E-state index in [2.05, 4.69) is 22.5 Å². The molecule has 1 aliphatic carbocycles. The lowest BCUT2D eigenvalue weighted by Gasteiger charge is -2.20. The van der Waals surface area contributed by atoms with E-state index in [9.17, 15) is 4.79 Å². The quantitative estimate of drug-likeness (QED) is 0.266. The van der Waals surface area contributed by atoms with Gasteiger partial charge in [0.2, 0.25) is 5.91 Å². The third kappa shape index (κ3) is 8.77. The van der Waals surface area contributed by atoms with Gasteiger partial charge < -0.3 is 15.5 Å². The molecule has 0 aromatic carbocycles. The Kier molecular flexibility index (Phi) is 10.6. The van der Waals surface area contributed by atoms with E-state index in [1.165, 1.54) is 25.7 Å². The monoisotopic (exact) mass is 436 g/mol. The average Bonchev–Trinajstić information content (AvgIpc) is 3.33. The fourth-order valence-electron chi connectivity index (χ4n) is 2.87. The lowest BCUT2D eigenvalue weighted by molar-refractivity contribution is -0.130. The minimum Gasteiger partial charge on any atom is -0.357 e. The van der Waals surface area contributed by atoms with Crippen molar-refractivity contribution in [3.63, 3.8) is 0 Å². The van der Waals surface area contributed by atoms with Gasteiger partial charge in [-0.05, 0) is 38.5 Å². The standard InChI is InChI=1S/C17H32N4O.HI/c1-2-18-17(20-12-10-15-8-9-15)19-11-6-14-21-13-5-3-4-7-16(21)22;/h15H,2-14H2,1H3,(H2,18,19,20);1H. The van der Waals surface area contributed by atoms with Crippen molar-refractivity contribution in [1.82, 2.24) is 15.5 Å². The molecule has 134 valence electrons. The highest BCUT2D eigenvalue weighted by Crippen LogP contribution is 2.31. The van der Waals surface area contributed by atoms with Crippen molar-refractivity contribution < 1.29 is 4.79 Å². The van der Waals surface area contributed by atoms with Crippen molar-refractivity contribution in [3.8, 4) is 0 Å². The predicted molar refractivity (Wildman–Crippen MR) is 106 cm³/mol. The molecule has 2 fully saturated rings. The maximum Gasteiger partial charge on any atom is 0.222 e. The molecule has 0 aromatic rings. The summed E-state index contributed by atoms with van der Waals surface area (Å²) in [5, 5.41) is 6.70. The van der Waals surface area contributed by atoms with Gasteiger partial charge in [0.1, 0.15) is 0 Å². The molecule has 1 saturated carbocycles. The van der Waals surface area contributed by atoms with Gasteiger partial charge in [0, 0.05) is 39.1 Å². The summed E-state index contributed by atoms with van der Waals surface area (Å²) >= 11 is 0. The van der Waals surface area contributed by atoms with Crippen molar-refractivity contribution in [1.29, 1.82) is 0 Å². The molecule has 0 bridgehead atoms. The van der Waals surface area contributed by atoms with Crippen LogP contribution >= 0.6 is 24.0 Å². The van der Waals surface area contributed by atoms with Crippen LogP contribution in [-0.2, 0) is 4.79 Å². The molecular formula is C17H33IN4O. The first-order valence-electron chi connectivity index (χ1n) is 9.09. The molecule has 1 amide bonds. The smallest absolute Gasteiger partial charge is 0.222 e. The van der Waals surface area contributed by atoms with Gasteiger partial charge in [0.25, 0.3) is 0 Å². The van der Waals surface area contributed by atoms with Gasteiger partial charge in [-0.25, -0.2) is 0 Å². The largest absolute Gasteiger partial charge is 0.357 e. The number of hydrogen-bond acceptors (Lipinski definition) is 2. The van der Waals surface area contributed by atoms with Crippen LogP contribution in [0, 0.1) is 5.92 Å². The predicted octanol–water partition coefficient (Wildman–Crippen LogP) is 2.75. The van der Waals surface area contributed by atoms with Crippen LogP contribution < -0.4 is 10.6 Å². The number of halogens is 1. The first kappa shape index (κ1) is 20.5. The van der Waals surface area contributed by atoms with E-state index in [1.54, 1.807) is 0 Å². The third-order valence-electron chi connectivity index (χ3n) is 4.41. The highest BCUT2D eigenvalue weighted by atomic mass is 127. The topological polar surface area (TPSA) is 56.7 Å². The van der Waals surface area contributed by atoms with E-state index < -0.39 is 0 Å². The maximum absolute atomic E-state index is 11.9. The summed E-state index contributed by atoms with van der Waals surface area (Å²) in [4.78, 5) is 18.6. The molecule has 0 unspecified atom stereocenters. The Balaban J connectivity index is 0.00000264. The molecule has 5 nitrogen and oxygen atoms in total. The molecule has 1 saturated heterocycles. The number of nitrogens with one attached hydrogen (secondary N) is 2. The van der Waals surface area contributed by atoms with Gasteiger partial charge in [-0.3, -0.25) is 9.79 Å². The Morgan fingerprint density at radius 2 is 2.09 bits per heavy atom. The number of guanidine groups is 1. The van der Waals surface area contributed by atoms with Gasteiger partial charge in [0.15, 0.2) is 5.96 Å². The van der Waals surface area contributed by atoms with E-state index in [0.717, 1.165) is 70.3 Å². The van der Waals surface area contributed by atoms with Crippen molar-refractivity contribution in [2.24, 2.45) is 10.9 Å². The molecule has 2 N–H and O–H groups in total. The Morgan fingerprint density at radius 3 is 2.83 bits per heavy atom. The third-order valence-corrected chi connectivity index (χ3v) is 4.41. The van der Waals surface area contributed by atoms with Crippen LogP contribution in [0.25, 0.3) is 0 Å². The van der Waals surface area contributed by atoms with Crippen molar-refractivity contribution in [2.75, 3.05) is 32.7 Å². The van der Waals surface area contributed by atoms with Crippen LogP contribution in [0.1, 0.15) is 58.3 Å². The van der Waals surface area contributed by atoms with Gasteiger partial charge in [-0.1, -0.05) is 19.3 Å². The lowest BCUT2D eigenvalue weighted by atomic mass is 10.2. The minimum atomic E-state index is 0. The molecular weight excluding hydrogens is 403 g/mol. The van der Waals surface area contributed by atoms with Crippen molar-refractivity contribution >= 4 is 35.8 Å². The van der Waals surface area contributed by atoms with E-state index in [-0.39, 0.29) is 24.0 Å². The van der Waals surface area contributed by atoms with Crippen LogP contribution in [0.3, 0.4) is 0 Å². The maximum atomic E-state index is 11.9.